The molecule has 0 radical (unpaired) electrons. The Kier molecular flexibility index (Phi) is 5.24. The number of carbonyl (C=O) groups is 1. The Balaban J connectivity index is 1.86. The van der Waals surface area contributed by atoms with Crippen molar-refractivity contribution in [3.05, 3.63) is 66.8 Å². The summed E-state index contributed by atoms with van der Waals surface area (Å²) >= 11 is 4.84. The summed E-state index contributed by atoms with van der Waals surface area (Å²) in [5.74, 6) is -0.460. The topological polar surface area (TPSA) is 69.4 Å². The first-order valence-electron chi connectivity index (χ1n) is 5.88. The molecular weight excluding hydrogens is 358 g/mol. The highest BCUT2D eigenvalue weighted by atomic mass is 79.9. The predicted molar refractivity (Wildman–Crippen MR) is 83.9 cm³/mol. The van der Waals surface area contributed by atoms with Crippen molar-refractivity contribution in [2.24, 2.45) is 0 Å². The first-order valence-corrected chi connectivity index (χ1v) is 7.49. The van der Waals surface area contributed by atoms with Gasteiger partial charge in [0.25, 0.3) is 5.69 Å². The minimum atomic E-state index is -0.475. The molecule has 0 aliphatic heterocycles. The van der Waals surface area contributed by atoms with E-state index in [2.05, 4.69) is 15.9 Å². The average molecular weight is 368 g/mol. The largest absolute Gasteiger partial charge is 0.458 e. The Bertz CT molecular complexity index is 679. The molecule has 0 bridgehead atoms. The van der Waals surface area contributed by atoms with Crippen LogP contribution in [0.2, 0.25) is 0 Å². The SMILES string of the molecule is O=C(/C=C/c1ccc(Br)s1)OCc1ccc([N+](=O)[O-])cc1. The van der Waals surface area contributed by atoms with Gasteiger partial charge in [-0.2, -0.15) is 0 Å². The Hall–Kier alpha value is -1.99. The molecule has 5 nitrogen and oxygen atoms in total. The second-order valence-corrected chi connectivity index (χ2v) is 6.50. The highest BCUT2D eigenvalue weighted by Crippen LogP contribution is 2.23. The zero-order valence-corrected chi connectivity index (χ0v) is 13.1. The van der Waals surface area contributed by atoms with Gasteiger partial charge in [-0.25, -0.2) is 4.79 Å². The molecule has 2 aromatic rings. The summed E-state index contributed by atoms with van der Waals surface area (Å²) < 4.78 is 6.04. The van der Waals surface area contributed by atoms with Crippen molar-refractivity contribution in [2.45, 2.75) is 6.61 Å². The maximum atomic E-state index is 11.5. The fourth-order valence-electron chi connectivity index (χ4n) is 1.48. The number of nitro groups is 1. The number of ether oxygens (including phenoxy) is 1. The van der Waals surface area contributed by atoms with E-state index in [1.54, 1.807) is 18.2 Å². The minimum absolute atomic E-state index is 0.00763. The molecule has 0 atom stereocenters. The standard InChI is InChI=1S/C14H10BrNO4S/c15-13-7-5-12(21-13)6-8-14(17)20-9-10-1-3-11(4-2-10)16(18)19/h1-8H,9H2/b8-6+. The van der Waals surface area contributed by atoms with Crippen LogP contribution in [0.5, 0.6) is 0 Å². The number of hydrogen-bond donors (Lipinski definition) is 0. The number of benzene rings is 1. The van der Waals surface area contributed by atoms with Gasteiger partial charge in [-0.3, -0.25) is 10.1 Å². The second-order valence-electron chi connectivity index (χ2n) is 4.01. The summed E-state index contributed by atoms with van der Waals surface area (Å²) in [4.78, 5) is 22.5. The predicted octanol–water partition coefficient (Wildman–Crippen LogP) is 4.18. The maximum absolute atomic E-state index is 11.5. The molecule has 1 aromatic heterocycles. The average Bonchev–Trinajstić information content (AvgIpc) is 2.89. The Labute approximate surface area is 133 Å². The zero-order valence-electron chi connectivity index (χ0n) is 10.7. The summed E-state index contributed by atoms with van der Waals surface area (Å²) in [6, 6.07) is 9.66. The molecule has 1 aromatic carbocycles. The number of rotatable bonds is 5. The van der Waals surface area contributed by atoms with Gasteiger partial charge in [0.05, 0.1) is 8.71 Å². The van der Waals surface area contributed by atoms with E-state index in [1.807, 2.05) is 12.1 Å². The molecule has 0 unspecified atom stereocenters. The van der Waals surface area contributed by atoms with E-state index in [0.717, 1.165) is 8.66 Å². The smallest absolute Gasteiger partial charge is 0.331 e. The third-order valence-electron chi connectivity index (χ3n) is 2.51. The molecule has 108 valence electrons. The van der Waals surface area contributed by atoms with E-state index in [4.69, 9.17) is 4.74 Å². The number of esters is 1. The van der Waals surface area contributed by atoms with E-state index >= 15 is 0 Å². The van der Waals surface area contributed by atoms with Crippen LogP contribution in [0.15, 0.2) is 46.3 Å². The highest BCUT2D eigenvalue weighted by molar-refractivity contribution is 9.11. The second kappa shape index (κ2) is 7.14. The molecule has 0 amide bonds. The lowest BCUT2D eigenvalue weighted by atomic mass is 10.2. The van der Waals surface area contributed by atoms with Crippen molar-refractivity contribution in [3.63, 3.8) is 0 Å². The van der Waals surface area contributed by atoms with Crippen LogP contribution in [0.25, 0.3) is 6.08 Å². The molecule has 0 saturated carbocycles. The molecule has 2 rings (SSSR count). The highest BCUT2D eigenvalue weighted by Gasteiger charge is 2.05. The number of nitro benzene ring substituents is 1. The van der Waals surface area contributed by atoms with Gasteiger partial charge in [-0.05, 0) is 51.8 Å². The van der Waals surface area contributed by atoms with Gasteiger partial charge < -0.3 is 4.74 Å². The van der Waals surface area contributed by atoms with Crippen LogP contribution < -0.4 is 0 Å². The minimum Gasteiger partial charge on any atom is -0.458 e. The number of nitrogens with zero attached hydrogens (tertiary/aromatic N) is 1. The van der Waals surface area contributed by atoms with Gasteiger partial charge in [0.1, 0.15) is 6.61 Å². The van der Waals surface area contributed by atoms with Crippen LogP contribution in [0.4, 0.5) is 5.69 Å². The first-order chi connectivity index (χ1) is 10.0. The summed E-state index contributed by atoms with van der Waals surface area (Å²) in [7, 11) is 0. The van der Waals surface area contributed by atoms with Crippen LogP contribution in [0.1, 0.15) is 10.4 Å². The molecule has 21 heavy (non-hydrogen) atoms. The van der Waals surface area contributed by atoms with Crippen LogP contribution in [0, 0.1) is 10.1 Å². The van der Waals surface area contributed by atoms with E-state index in [0.29, 0.717) is 5.56 Å². The number of hydrogen-bond acceptors (Lipinski definition) is 5. The van der Waals surface area contributed by atoms with Crippen molar-refractivity contribution in [1.82, 2.24) is 0 Å². The van der Waals surface area contributed by atoms with Crippen molar-refractivity contribution in [3.8, 4) is 0 Å². The number of non-ortho nitro benzene ring substituents is 1. The molecule has 0 N–H and O–H groups in total. The van der Waals surface area contributed by atoms with E-state index in [1.165, 1.54) is 29.5 Å². The van der Waals surface area contributed by atoms with Crippen molar-refractivity contribution in [2.75, 3.05) is 0 Å². The van der Waals surface area contributed by atoms with Gasteiger partial charge in [-0.1, -0.05) is 0 Å². The van der Waals surface area contributed by atoms with Gasteiger partial charge in [-0.15, -0.1) is 11.3 Å². The first kappa shape index (κ1) is 15.4. The van der Waals surface area contributed by atoms with Crippen molar-refractivity contribution in [1.29, 1.82) is 0 Å². The van der Waals surface area contributed by atoms with Gasteiger partial charge >= 0.3 is 5.97 Å². The molecule has 0 aliphatic carbocycles. The number of halogens is 1. The third kappa shape index (κ3) is 4.80. The lowest BCUT2D eigenvalue weighted by Gasteiger charge is -2.01. The van der Waals surface area contributed by atoms with Crippen LogP contribution in [-0.4, -0.2) is 10.9 Å². The summed E-state index contributed by atoms with van der Waals surface area (Å²) in [6.45, 7) is 0.0787. The van der Waals surface area contributed by atoms with E-state index in [9.17, 15) is 14.9 Å². The summed E-state index contributed by atoms with van der Waals surface area (Å²) in [6.07, 6.45) is 3.03. The van der Waals surface area contributed by atoms with Crippen LogP contribution >= 0.6 is 27.3 Å². The van der Waals surface area contributed by atoms with Crippen LogP contribution in [-0.2, 0) is 16.1 Å². The number of thiophene rings is 1. The Morgan fingerprint density at radius 3 is 2.57 bits per heavy atom. The lowest BCUT2D eigenvalue weighted by Crippen LogP contribution is -2.00. The van der Waals surface area contributed by atoms with Gasteiger partial charge in [0.15, 0.2) is 0 Å². The Morgan fingerprint density at radius 1 is 1.29 bits per heavy atom. The van der Waals surface area contributed by atoms with Crippen LogP contribution in [0.3, 0.4) is 0 Å². The molecule has 0 spiro atoms. The fraction of sp³-hybridized carbons (Fsp3) is 0.0714. The molecule has 0 aliphatic rings. The van der Waals surface area contributed by atoms with Gasteiger partial charge in [0.2, 0.25) is 0 Å². The molecule has 0 fully saturated rings. The maximum Gasteiger partial charge on any atom is 0.331 e. The van der Waals surface area contributed by atoms with E-state index < -0.39 is 10.9 Å². The quantitative estimate of drug-likeness (QED) is 0.344. The van der Waals surface area contributed by atoms with E-state index in [-0.39, 0.29) is 12.3 Å². The van der Waals surface area contributed by atoms with Gasteiger partial charge in [0, 0.05) is 23.1 Å². The Morgan fingerprint density at radius 2 is 2.00 bits per heavy atom. The molecular formula is C14H10BrNO4S. The fourth-order valence-corrected chi connectivity index (χ4v) is 2.81. The monoisotopic (exact) mass is 367 g/mol. The lowest BCUT2D eigenvalue weighted by molar-refractivity contribution is -0.384. The normalized spacial score (nSPS) is 10.7. The molecule has 0 saturated heterocycles. The van der Waals surface area contributed by atoms with Crippen molar-refractivity contribution < 1.29 is 14.5 Å². The number of carbonyl (C=O) groups excluding carboxylic acids is 1. The summed E-state index contributed by atoms with van der Waals surface area (Å²) in [5.41, 5.74) is 0.703. The molecule has 7 heteroatoms. The zero-order chi connectivity index (χ0) is 15.2. The summed E-state index contributed by atoms with van der Waals surface area (Å²) in [5, 5.41) is 10.5. The van der Waals surface area contributed by atoms with Crippen molar-refractivity contribution >= 4 is 45.0 Å². The molecule has 1 heterocycles. The third-order valence-corrected chi connectivity index (χ3v) is 4.09.